The van der Waals surface area contributed by atoms with E-state index in [0.717, 1.165) is 100.0 Å². The molecule has 0 N–H and O–H groups in total. The van der Waals surface area contributed by atoms with Crippen LogP contribution in [0, 0.1) is 0 Å². The molecular formula is C58H37N5. The zero-order chi connectivity index (χ0) is 41.7. The number of fused-ring (bicyclic) bond motifs is 5. The Morgan fingerprint density at radius 2 is 0.778 bits per heavy atom. The Kier molecular flexibility index (Phi) is 8.75. The topological polar surface area (TPSA) is 56.0 Å². The van der Waals surface area contributed by atoms with Gasteiger partial charge in [0.2, 0.25) is 0 Å². The molecule has 12 aromatic rings. The summed E-state index contributed by atoms with van der Waals surface area (Å²) in [6.45, 7) is 0. The van der Waals surface area contributed by atoms with E-state index in [9.17, 15) is 0 Å². The van der Waals surface area contributed by atoms with Gasteiger partial charge in [-0.3, -0.25) is 4.40 Å². The average Bonchev–Trinajstić information content (AvgIpc) is 3.70. The maximum absolute atomic E-state index is 5.25. The van der Waals surface area contributed by atoms with Gasteiger partial charge in [0.1, 0.15) is 11.5 Å². The van der Waals surface area contributed by atoms with Crippen LogP contribution in [0.25, 0.3) is 117 Å². The Bertz CT molecular complexity index is 3540. The van der Waals surface area contributed by atoms with Crippen LogP contribution < -0.4 is 0 Å². The third-order valence-corrected chi connectivity index (χ3v) is 12.1. The Hall–Kier alpha value is -8.54. The van der Waals surface area contributed by atoms with Crippen molar-refractivity contribution in [1.29, 1.82) is 0 Å². The summed E-state index contributed by atoms with van der Waals surface area (Å²) in [6, 6.07) is 78.6. The van der Waals surface area contributed by atoms with E-state index in [1.807, 2.05) is 24.3 Å². The van der Waals surface area contributed by atoms with Gasteiger partial charge < -0.3 is 0 Å². The lowest BCUT2D eigenvalue weighted by Gasteiger charge is -2.13. The second-order valence-electron chi connectivity index (χ2n) is 15.8. The first-order valence-electron chi connectivity index (χ1n) is 21.2. The van der Waals surface area contributed by atoms with Crippen LogP contribution >= 0.6 is 0 Å². The van der Waals surface area contributed by atoms with Crippen molar-refractivity contribution in [2.24, 2.45) is 0 Å². The minimum Gasteiger partial charge on any atom is -0.277 e. The molecule has 0 atom stereocenters. The van der Waals surface area contributed by atoms with Gasteiger partial charge in [0, 0.05) is 38.6 Å². The van der Waals surface area contributed by atoms with Crippen LogP contribution in [0.15, 0.2) is 224 Å². The monoisotopic (exact) mass is 803 g/mol. The molecule has 0 radical (unpaired) electrons. The fourth-order valence-corrected chi connectivity index (χ4v) is 8.98. The van der Waals surface area contributed by atoms with Crippen molar-refractivity contribution < 1.29 is 0 Å². The second kappa shape index (κ2) is 15.2. The summed E-state index contributed by atoms with van der Waals surface area (Å²) in [6.07, 6.45) is 0. The molecule has 12 rings (SSSR count). The lowest BCUT2D eigenvalue weighted by molar-refractivity contribution is 1.05. The van der Waals surface area contributed by atoms with Crippen LogP contribution in [0.1, 0.15) is 0 Å². The molecule has 5 heteroatoms. The zero-order valence-electron chi connectivity index (χ0n) is 34.1. The highest BCUT2D eigenvalue weighted by Gasteiger charge is 2.21. The normalized spacial score (nSPS) is 11.5. The Morgan fingerprint density at radius 3 is 1.44 bits per heavy atom. The van der Waals surface area contributed by atoms with E-state index in [0.29, 0.717) is 11.6 Å². The highest BCUT2D eigenvalue weighted by atomic mass is 15.1. The van der Waals surface area contributed by atoms with Crippen molar-refractivity contribution in [1.82, 2.24) is 24.3 Å². The van der Waals surface area contributed by atoms with Gasteiger partial charge in [0.05, 0.1) is 17.1 Å². The third kappa shape index (κ3) is 6.42. The van der Waals surface area contributed by atoms with Gasteiger partial charge in [-0.05, 0) is 44.3 Å². The highest BCUT2D eigenvalue weighted by Crippen LogP contribution is 2.39. The number of benzene rings is 9. The fraction of sp³-hybridized carbons (Fsp3) is 0. The molecule has 0 aliphatic carbocycles. The van der Waals surface area contributed by atoms with Crippen molar-refractivity contribution in [2.75, 3.05) is 0 Å². The largest absolute Gasteiger partial charge is 0.277 e. The van der Waals surface area contributed by atoms with Crippen molar-refractivity contribution in [3.8, 4) is 79.1 Å². The van der Waals surface area contributed by atoms with Gasteiger partial charge in [-0.25, -0.2) is 19.9 Å². The molecule has 3 heterocycles. The van der Waals surface area contributed by atoms with Crippen LogP contribution in [0.4, 0.5) is 0 Å². The molecule has 0 saturated carbocycles. The van der Waals surface area contributed by atoms with Crippen LogP contribution in [0.5, 0.6) is 0 Å². The van der Waals surface area contributed by atoms with Gasteiger partial charge in [0.25, 0.3) is 0 Å². The molecule has 0 bridgehead atoms. The number of rotatable bonds is 7. The number of hydrogen-bond acceptors (Lipinski definition) is 4. The lowest BCUT2D eigenvalue weighted by atomic mass is 9.98. The van der Waals surface area contributed by atoms with E-state index in [4.69, 9.17) is 19.9 Å². The standard InChI is InChI=1S/C58H37N5/c1-3-17-44(18-4-1)55-61-57(45-19-5-2-6-20-45)63-54(49-25-11-12-26-51(49)58(63)62-55)43-35-31-39(32-36-43)38-29-33-42(34-30-38)52-37-53(48-27-13-21-40-15-7-9-23-46(40)48)60-56(59-52)50-28-14-22-41-16-8-10-24-47(41)50/h1-37H. The first kappa shape index (κ1) is 36.3. The summed E-state index contributed by atoms with van der Waals surface area (Å²) in [5.74, 6) is 2.25. The minimum atomic E-state index is 0.701. The molecule has 0 spiro atoms. The molecule has 0 unspecified atom stereocenters. The summed E-state index contributed by atoms with van der Waals surface area (Å²) in [5, 5.41) is 6.84. The average molecular weight is 804 g/mol. The van der Waals surface area contributed by atoms with Crippen LogP contribution in [0.3, 0.4) is 0 Å². The summed E-state index contributed by atoms with van der Waals surface area (Å²) in [7, 11) is 0. The fourth-order valence-electron chi connectivity index (χ4n) is 8.98. The van der Waals surface area contributed by atoms with Crippen LogP contribution in [-0.2, 0) is 0 Å². The summed E-state index contributed by atoms with van der Waals surface area (Å²) >= 11 is 0. The van der Waals surface area contributed by atoms with Gasteiger partial charge in [-0.1, -0.05) is 218 Å². The molecular weight excluding hydrogens is 767 g/mol. The molecule has 294 valence electrons. The predicted molar refractivity (Wildman–Crippen MR) is 259 cm³/mol. The minimum absolute atomic E-state index is 0.701. The van der Waals surface area contributed by atoms with Crippen LogP contribution in [0.2, 0.25) is 0 Å². The quantitative estimate of drug-likeness (QED) is 0.161. The number of hydrogen-bond donors (Lipinski definition) is 0. The summed E-state index contributed by atoms with van der Waals surface area (Å²) in [4.78, 5) is 21.0. The lowest BCUT2D eigenvalue weighted by Crippen LogP contribution is -2.03. The van der Waals surface area contributed by atoms with E-state index >= 15 is 0 Å². The van der Waals surface area contributed by atoms with Gasteiger partial charge in [-0.2, -0.15) is 0 Å². The maximum Gasteiger partial charge on any atom is 0.163 e. The first-order chi connectivity index (χ1) is 31.2. The maximum atomic E-state index is 5.25. The van der Waals surface area contributed by atoms with E-state index in [1.165, 1.54) is 5.39 Å². The number of nitrogens with zero attached hydrogens (tertiary/aromatic N) is 5. The number of aromatic nitrogens is 5. The van der Waals surface area contributed by atoms with Crippen molar-refractivity contribution in [3.05, 3.63) is 224 Å². The molecule has 5 nitrogen and oxygen atoms in total. The Labute approximate surface area is 364 Å². The van der Waals surface area contributed by atoms with Gasteiger partial charge >= 0.3 is 0 Å². The molecule has 63 heavy (non-hydrogen) atoms. The van der Waals surface area contributed by atoms with Gasteiger partial charge in [-0.15, -0.1) is 0 Å². The van der Waals surface area contributed by atoms with Crippen LogP contribution in [-0.4, -0.2) is 24.3 Å². The van der Waals surface area contributed by atoms with E-state index in [2.05, 4.69) is 205 Å². The van der Waals surface area contributed by atoms with Crippen molar-refractivity contribution in [2.45, 2.75) is 0 Å². The second-order valence-corrected chi connectivity index (χ2v) is 15.8. The zero-order valence-corrected chi connectivity index (χ0v) is 34.1. The Balaban J connectivity index is 0.950. The molecule has 0 fully saturated rings. The van der Waals surface area contributed by atoms with Gasteiger partial charge in [0.15, 0.2) is 11.6 Å². The molecule has 3 aromatic heterocycles. The molecule has 0 aliphatic heterocycles. The molecule has 9 aromatic carbocycles. The van der Waals surface area contributed by atoms with Crippen molar-refractivity contribution in [3.63, 3.8) is 0 Å². The molecule has 0 amide bonds. The SMILES string of the molecule is c1ccc(-c2nc(-c3ccccc3)n3c(-c4ccc(-c5ccc(-c6cc(-c7cccc8ccccc78)nc(-c7cccc8ccccc78)n6)cc5)cc4)c4ccccc4c3n2)cc1. The van der Waals surface area contributed by atoms with E-state index < -0.39 is 0 Å². The third-order valence-electron chi connectivity index (χ3n) is 12.1. The Morgan fingerprint density at radius 1 is 0.286 bits per heavy atom. The van der Waals surface area contributed by atoms with Crippen molar-refractivity contribution >= 4 is 38.0 Å². The predicted octanol–water partition coefficient (Wildman–Crippen LogP) is 14.6. The molecule has 0 saturated heterocycles. The summed E-state index contributed by atoms with van der Waals surface area (Å²) in [5.41, 5.74) is 12.2. The first-order valence-corrected chi connectivity index (χ1v) is 21.2. The van der Waals surface area contributed by atoms with E-state index in [-0.39, 0.29) is 0 Å². The van der Waals surface area contributed by atoms with E-state index in [1.54, 1.807) is 0 Å². The smallest absolute Gasteiger partial charge is 0.163 e. The highest BCUT2D eigenvalue weighted by molar-refractivity contribution is 6.06. The summed E-state index contributed by atoms with van der Waals surface area (Å²) < 4.78 is 2.23. The molecule has 0 aliphatic rings.